The number of anilines is 1. The third-order valence-corrected chi connectivity index (χ3v) is 8.37. The average molecular weight is 558 g/mol. The molecule has 0 unspecified atom stereocenters. The molecule has 0 radical (unpaired) electrons. The zero-order valence-electron chi connectivity index (χ0n) is 20.8. The fourth-order valence-corrected chi connectivity index (χ4v) is 5.84. The molecule has 5 nitrogen and oxygen atoms in total. The molecule has 1 N–H and O–H groups in total. The Morgan fingerprint density at radius 3 is 2.47 bits per heavy atom. The summed E-state index contributed by atoms with van der Waals surface area (Å²) in [5, 5.41) is 4.71. The molecule has 0 atom stereocenters. The van der Waals surface area contributed by atoms with Crippen LogP contribution in [-0.4, -0.2) is 21.2 Å². The van der Waals surface area contributed by atoms with E-state index < -0.39 is 0 Å². The third-order valence-electron chi connectivity index (χ3n) is 6.10. The van der Waals surface area contributed by atoms with Crippen molar-refractivity contribution in [1.82, 2.24) is 9.55 Å². The van der Waals surface area contributed by atoms with Gasteiger partial charge in [0.1, 0.15) is 0 Å². The van der Waals surface area contributed by atoms with Crippen molar-refractivity contribution in [2.45, 2.75) is 28.8 Å². The number of carbonyl (C=O) groups is 1. The molecule has 0 bridgehead atoms. The van der Waals surface area contributed by atoms with Crippen LogP contribution in [0.3, 0.4) is 0 Å². The summed E-state index contributed by atoms with van der Waals surface area (Å²) in [6, 6.07) is 28.4. The molecular formula is C30H24ClN3O2S2. The van der Waals surface area contributed by atoms with E-state index in [0.29, 0.717) is 21.1 Å². The quantitative estimate of drug-likeness (QED) is 0.165. The molecule has 5 rings (SSSR count). The summed E-state index contributed by atoms with van der Waals surface area (Å²) < 4.78 is 1.62. The maximum absolute atomic E-state index is 13.6. The number of aromatic nitrogens is 2. The number of carbonyl (C=O) groups excluding carboxylic acids is 1. The van der Waals surface area contributed by atoms with E-state index in [4.69, 9.17) is 16.6 Å². The van der Waals surface area contributed by atoms with Crippen LogP contribution in [0.1, 0.15) is 11.1 Å². The van der Waals surface area contributed by atoms with Gasteiger partial charge in [-0.15, -0.1) is 0 Å². The lowest BCUT2D eigenvalue weighted by atomic mass is 10.1. The Morgan fingerprint density at radius 1 is 0.921 bits per heavy atom. The lowest BCUT2D eigenvalue weighted by Crippen LogP contribution is -2.23. The predicted molar refractivity (Wildman–Crippen MR) is 158 cm³/mol. The van der Waals surface area contributed by atoms with Crippen molar-refractivity contribution < 1.29 is 4.79 Å². The van der Waals surface area contributed by atoms with E-state index in [0.717, 1.165) is 32.3 Å². The molecule has 4 aromatic carbocycles. The number of fused-ring (bicyclic) bond motifs is 1. The van der Waals surface area contributed by atoms with E-state index in [1.807, 2.05) is 98.8 Å². The summed E-state index contributed by atoms with van der Waals surface area (Å²) in [7, 11) is 0. The number of rotatable bonds is 7. The van der Waals surface area contributed by atoms with Crippen LogP contribution in [0.2, 0.25) is 5.02 Å². The van der Waals surface area contributed by atoms with Crippen molar-refractivity contribution in [3.8, 4) is 5.69 Å². The van der Waals surface area contributed by atoms with Gasteiger partial charge in [0.25, 0.3) is 5.56 Å². The van der Waals surface area contributed by atoms with Crippen LogP contribution in [0.15, 0.2) is 111 Å². The molecule has 0 saturated heterocycles. The molecule has 38 heavy (non-hydrogen) atoms. The first kappa shape index (κ1) is 26.1. The van der Waals surface area contributed by atoms with Crippen LogP contribution < -0.4 is 10.9 Å². The molecule has 5 aromatic rings. The Bertz CT molecular complexity index is 1700. The van der Waals surface area contributed by atoms with E-state index >= 15 is 0 Å². The Morgan fingerprint density at radius 2 is 1.66 bits per heavy atom. The first-order valence-corrected chi connectivity index (χ1v) is 14.1. The van der Waals surface area contributed by atoms with Gasteiger partial charge in [-0.25, -0.2) is 4.98 Å². The minimum absolute atomic E-state index is 0.0928. The fourth-order valence-electron chi connectivity index (χ4n) is 4.00. The average Bonchev–Trinajstić information content (AvgIpc) is 2.92. The van der Waals surface area contributed by atoms with Crippen molar-refractivity contribution in [3.05, 3.63) is 117 Å². The highest BCUT2D eigenvalue weighted by Gasteiger charge is 2.17. The SMILES string of the molecule is Cc1cccc(-n2c(SCC(=O)Nc3ccccc3Sc3ccc(Cl)cc3)nc3ccccc3c2=O)c1C. The second-order valence-corrected chi connectivity index (χ2v) is 11.2. The van der Waals surface area contributed by atoms with Gasteiger partial charge in [-0.05, 0) is 79.6 Å². The first-order chi connectivity index (χ1) is 18.4. The van der Waals surface area contributed by atoms with Crippen molar-refractivity contribution >= 4 is 57.6 Å². The van der Waals surface area contributed by atoms with Crippen molar-refractivity contribution in [2.24, 2.45) is 0 Å². The number of amides is 1. The fraction of sp³-hybridized carbons (Fsp3) is 0.100. The largest absolute Gasteiger partial charge is 0.324 e. The Balaban J connectivity index is 1.41. The number of thioether (sulfide) groups is 1. The predicted octanol–water partition coefficient (Wildman–Crippen LogP) is 7.54. The van der Waals surface area contributed by atoms with E-state index in [9.17, 15) is 9.59 Å². The summed E-state index contributed by atoms with van der Waals surface area (Å²) in [6.45, 7) is 4.00. The molecule has 0 spiro atoms. The lowest BCUT2D eigenvalue weighted by molar-refractivity contribution is -0.113. The van der Waals surface area contributed by atoms with Gasteiger partial charge in [-0.1, -0.05) is 71.5 Å². The molecule has 0 aliphatic rings. The number of nitrogens with one attached hydrogen (secondary N) is 1. The molecular weight excluding hydrogens is 534 g/mol. The topological polar surface area (TPSA) is 64.0 Å². The van der Waals surface area contributed by atoms with Crippen molar-refractivity contribution in [1.29, 1.82) is 0 Å². The summed E-state index contributed by atoms with van der Waals surface area (Å²) in [4.78, 5) is 33.4. The van der Waals surface area contributed by atoms with Gasteiger partial charge in [0.05, 0.1) is 28.0 Å². The molecule has 0 saturated carbocycles. The molecule has 1 heterocycles. The minimum atomic E-state index is -0.186. The van der Waals surface area contributed by atoms with E-state index in [1.54, 1.807) is 22.4 Å². The standard InChI is InChI=1S/C30H24ClN3O2S2/c1-19-8-7-12-26(20(19)2)34-29(36)23-9-3-4-10-24(23)33-30(34)37-18-28(35)32-25-11-5-6-13-27(25)38-22-16-14-21(31)15-17-22/h3-17H,18H2,1-2H3,(H,32,35). The van der Waals surface area contributed by atoms with Crippen LogP contribution in [0.5, 0.6) is 0 Å². The molecule has 0 aliphatic carbocycles. The summed E-state index contributed by atoms with van der Waals surface area (Å²) in [5.41, 5.74) is 4.00. The van der Waals surface area contributed by atoms with Gasteiger partial charge in [0.15, 0.2) is 5.16 Å². The van der Waals surface area contributed by atoms with Gasteiger partial charge in [0.2, 0.25) is 5.91 Å². The normalized spacial score (nSPS) is 11.0. The molecule has 8 heteroatoms. The zero-order valence-corrected chi connectivity index (χ0v) is 23.2. The zero-order chi connectivity index (χ0) is 26.6. The number of hydrogen-bond donors (Lipinski definition) is 1. The minimum Gasteiger partial charge on any atom is -0.324 e. The number of hydrogen-bond acceptors (Lipinski definition) is 5. The molecule has 1 amide bonds. The highest BCUT2D eigenvalue weighted by molar-refractivity contribution is 8.00. The van der Waals surface area contributed by atoms with Crippen molar-refractivity contribution in [2.75, 3.05) is 11.1 Å². The third kappa shape index (κ3) is 5.65. The van der Waals surface area contributed by atoms with Crippen LogP contribution in [0.25, 0.3) is 16.6 Å². The van der Waals surface area contributed by atoms with Gasteiger partial charge in [-0.2, -0.15) is 0 Å². The van der Waals surface area contributed by atoms with Crippen LogP contribution in [-0.2, 0) is 4.79 Å². The molecule has 0 fully saturated rings. The number of para-hydroxylation sites is 2. The summed E-state index contributed by atoms with van der Waals surface area (Å²) in [6.07, 6.45) is 0. The summed E-state index contributed by atoms with van der Waals surface area (Å²) >= 11 is 8.80. The highest BCUT2D eigenvalue weighted by atomic mass is 35.5. The summed E-state index contributed by atoms with van der Waals surface area (Å²) in [5.74, 6) is -0.0932. The highest BCUT2D eigenvalue weighted by Crippen LogP contribution is 2.34. The number of halogens is 1. The number of nitrogens with zero attached hydrogens (tertiary/aromatic N) is 2. The van der Waals surface area contributed by atoms with Crippen LogP contribution in [0, 0.1) is 13.8 Å². The Kier molecular flexibility index (Phi) is 7.88. The molecule has 190 valence electrons. The number of aryl methyl sites for hydroxylation is 1. The molecule has 1 aromatic heterocycles. The lowest BCUT2D eigenvalue weighted by Gasteiger charge is -2.16. The van der Waals surface area contributed by atoms with Gasteiger partial charge in [0, 0.05) is 14.8 Å². The van der Waals surface area contributed by atoms with E-state index in [2.05, 4.69) is 5.32 Å². The van der Waals surface area contributed by atoms with Gasteiger partial charge in [-0.3, -0.25) is 14.2 Å². The van der Waals surface area contributed by atoms with Crippen molar-refractivity contribution in [3.63, 3.8) is 0 Å². The maximum Gasteiger partial charge on any atom is 0.266 e. The first-order valence-electron chi connectivity index (χ1n) is 11.9. The smallest absolute Gasteiger partial charge is 0.266 e. The number of benzene rings is 4. The van der Waals surface area contributed by atoms with Gasteiger partial charge < -0.3 is 5.32 Å². The maximum atomic E-state index is 13.6. The molecule has 0 aliphatic heterocycles. The van der Waals surface area contributed by atoms with E-state index in [-0.39, 0.29) is 17.2 Å². The Labute approximate surface area is 234 Å². The second kappa shape index (κ2) is 11.5. The Hall–Kier alpha value is -3.52. The van der Waals surface area contributed by atoms with E-state index in [1.165, 1.54) is 11.8 Å². The second-order valence-electron chi connectivity index (χ2n) is 8.66. The van der Waals surface area contributed by atoms with Crippen LogP contribution >= 0.6 is 35.1 Å². The monoisotopic (exact) mass is 557 g/mol. The van der Waals surface area contributed by atoms with Gasteiger partial charge >= 0.3 is 0 Å². The van der Waals surface area contributed by atoms with Crippen LogP contribution in [0.4, 0.5) is 5.69 Å².